The molecule has 1 rings (SSSR count). The van der Waals surface area contributed by atoms with Crippen LogP contribution in [0.5, 0.6) is 0 Å². The number of hydrogen-bond acceptors (Lipinski definition) is 3. The Kier molecular flexibility index (Phi) is 5.68. The molecule has 1 atom stereocenters. The Morgan fingerprint density at radius 2 is 2.27 bits per heavy atom. The van der Waals surface area contributed by atoms with Crippen molar-refractivity contribution in [2.24, 2.45) is 5.73 Å². The molecule has 0 aliphatic carbocycles. The molecule has 0 saturated heterocycles. The molecule has 0 spiro atoms. The first-order valence-corrected chi connectivity index (χ1v) is 6.59. The van der Waals surface area contributed by atoms with Gasteiger partial charge in [-0.05, 0) is 30.7 Å². The summed E-state index contributed by atoms with van der Waals surface area (Å²) in [6, 6.07) is 6.29. The number of rotatable bonds is 5. The average molecular weight is 290 g/mol. The van der Waals surface area contributed by atoms with Gasteiger partial charge in [-0.15, -0.1) is 11.8 Å². The van der Waals surface area contributed by atoms with Gasteiger partial charge in [-0.3, -0.25) is 0 Å². The van der Waals surface area contributed by atoms with Crippen LogP contribution in [-0.2, 0) is 4.74 Å². The van der Waals surface area contributed by atoms with Crippen LogP contribution in [0.3, 0.4) is 0 Å². The van der Waals surface area contributed by atoms with Crippen molar-refractivity contribution in [1.29, 1.82) is 0 Å². The summed E-state index contributed by atoms with van der Waals surface area (Å²) in [5, 5.41) is 0. The van der Waals surface area contributed by atoms with E-state index in [1.807, 2.05) is 13.0 Å². The Morgan fingerprint density at radius 1 is 1.53 bits per heavy atom. The predicted octanol–water partition coefficient (Wildman–Crippen LogP) is 3.21. The van der Waals surface area contributed by atoms with Gasteiger partial charge in [0.1, 0.15) is 0 Å². The largest absolute Gasteiger partial charge is 0.384 e. The second-order valence-electron chi connectivity index (χ2n) is 3.31. The Balaban J connectivity index is 2.77. The molecule has 0 amide bonds. The fraction of sp³-hybridized carbons (Fsp3) is 0.455. The molecule has 0 aliphatic rings. The summed E-state index contributed by atoms with van der Waals surface area (Å²) in [5.74, 6) is 0.956. The minimum atomic E-state index is 0.0625. The zero-order valence-electron chi connectivity index (χ0n) is 9.00. The Bertz CT molecular complexity index is 317. The van der Waals surface area contributed by atoms with Crippen molar-refractivity contribution in [1.82, 2.24) is 0 Å². The fourth-order valence-corrected chi connectivity index (χ4v) is 2.67. The molecule has 15 heavy (non-hydrogen) atoms. The summed E-state index contributed by atoms with van der Waals surface area (Å²) >= 11 is 5.24. The fourth-order valence-electron chi connectivity index (χ4n) is 1.24. The van der Waals surface area contributed by atoms with E-state index in [0.29, 0.717) is 0 Å². The van der Waals surface area contributed by atoms with Crippen molar-refractivity contribution in [2.45, 2.75) is 17.9 Å². The normalized spacial score (nSPS) is 12.8. The van der Waals surface area contributed by atoms with E-state index in [0.717, 1.165) is 16.8 Å². The van der Waals surface area contributed by atoms with Gasteiger partial charge in [0.15, 0.2) is 0 Å². The van der Waals surface area contributed by atoms with Crippen molar-refractivity contribution >= 4 is 27.7 Å². The van der Waals surface area contributed by atoms with Crippen molar-refractivity contribution in [3.05, 3.63) is 28.2 Å². The first-order chi connectivity index (χ1) is 7.15. The standard InChI is InChI=1S/C11H16BrNOS/c1-8(13)10-7-9(12)3-4-11(10)15-6-5-14-2/h3-4,7-8H,5-6,13H2,1-2H3. The highest BCUT2D eigenvalue weighted by molar-refractivity contribution is 9.10. The molecular formula is C11H16BrNOS. The topological polar surface area (TPSA) is 35.2 Å². The highest BCUT2D eigenvalue weighted by Crippen LogP contribution is 2.29. The van der Waals surface area contributed by atoms with E-state index in [2.05, 4.69) is 28.1 Å². The quantitative estimate of drug-likeness (QED) is 0.668. The Morgan fingerprint density at radius 3 is 2.87 bits per heavy atom. The zero-order valence-corrected chi connectivity index (χ0v) is 11.4. The molecule has 4 heteroatoms. The number of thioether (sulfide) groups is 1. The van der Waals surface area contributed by atoms with Crippen LogP contribution in [-0.4, -0.2) is 19.5 Å². The van der Waals surface area contributed by atoms with Crippen molar-refractivity contribution in [2.75, 3.05) is 19.5 Å². The number of benzene rings is 1. The van der Waals surface area contributed by atoms with Crippen LogP contribution >= 0.6 is 27.7 Å². The first-order valence-electron chi connectivity index (χ1n) is 4.82. The lowest BCUT2D eigenvalue weighted by Gasteiger charge is -2.12. The van der Waals surface area contributed by atoms with Gasteiger partial charge in [0.2, 0.25) is 0 Å². The van der Waals surface area contributed by atoms with Crippen LogP contribution in [0, 0.1) is 0 Å². The van der Waals surface area contributed by atoms with E-state index in [-0.39, 0.29) is 6.04 Å². The van der Waals surface area contributed by atoms with Gasteiger partial charge < -0.3 is 10.5 Å². The molecule has 0 aromatic heterocycles. The molecule has 0 fully saturated rings. The number of halogens is 1. The lowest BCUT2D eigenvalue weighted by atomic mass is 10.1. The van der Waals surface area contributed by atoms with Crippen LogP contribution in [0.15, 0.2) is 27.6 Å². The van der Waals surface area contributed by atoms with Gasteiger partial charge in [0.05, 0.1) is 6.61 Å². The summed E-state index contributed by atoms with van der Waals surface area (Å²) in [7, 11) is 1.72. The first kappa shape index (κ1) is 13.0. The Labute approximate surface area is 104 Å². The summed E-state index contributed by atoms with van der Waals surface area (Å²) in [6.45, 7) is 2.77. The van der Waals surface area contributed by atoms with Gasteiger partial charge in [-0.25, -0.2) is 0 Å². The van der Waals surface area contributed by atoms with E-state index in [1.165, 1.54) is 10.5 Å². The van der Waals surface area contributed by atoms with Crippen molar-refractivity contribution < 1.29 is 4.74 Å². The highest BCUT2D eigenvalue weighted by atomic mass is 79.9. The van der Waals surface area contributed by atoms with Crippen LogP contribution in [0.2, 0.25) is 0 Å². The van der Waals surface area contributed by atoms with Gasteiger partial charge in [0.25, 0.3) is 0 Å². The SMILES string of the molecule is COCCSc1ccc(Br)cc1C(C)N. The number of hydrogen-bond donors (Lipinski definition) is 1. The Hall–Kier alpha value is -0.0300. The minimum absolute atomic E-state index is 0.0625. The molecular weight excluding hydrogens is 274 g/mol. The summed E-state index contributed by atoms with van der Waals surface area (Å²) < 4.78 is 6.10. The van der Waals surface area contributed by atoms with Crippen molar-refractivity contribution in [3.63, 3.8) is 0 Å². The summed E-state index contributed by atoms with van der Waals surface area (Å²) in [4.78, 5) is 1.24. The third-order valence-electron chi connectivity index (χ3n) is 2.01. The molecule has 2 nitrogen and oxygen atoms in total. The maximum Gasteiger partial charge on any atom is 0.0556 e. The monoisotopic (exact) mass is 289 g/mol. The lowest BCUT2D eigenvalue weighted by molar-refractivity contribution is 0.218. The number of methoxy groups -OCH3 is 1. The maximum absolute atomic E-state index is 5.92. The summed E-state index contributed by atoms with van der Waals surface area (Å²) in [6.07, 6.45) is 0. The second kappa shape index (κ2) is 6.53. The molecule has 1 unspecified atom stereocenters. The van der Waals surface area contributed by atoms with E-state index in [1.54, 1.807) is 18.9 Å². The average Bonchev–Trinajstić information content (AvgIpc) is 2.20. The van der Waals surface area contributed by atoms with Gasteiger partial charge in [0, 0.05) is 28.3 Å². The van der Waals surface area contributed by atoms with Gasteiger partial charge in [-0.1, -0.05) is 15.9 Å². The molecule has 0 radical (unpaired) electrons. The molecule has 84 valence electrons. The van der Waals surface area contributed by atoms with E-state index in [9.17, 15) is 0 Å². The third kappa shape index (κ3) is 4.15. The molecule has 1 aromatic carbocycles. The van der Waals surface area contributed by atoms with E-state index < -0.39 is 0 Å². The zero-order chi connectivity index (χ0) is 11.3. The van der Waals surface area contributed by atoms with Crippen LogP contribution < -0.4 is 5.73 Å². The number of nitrogens with two attached hydrogens (primary N) is 1. The third-order valence-corrected chi connectivity index (χ3v) is 3.55. The lowest BCUT2D eigenvalue weighted by Crippen LogP contribution is -2.06. The second-order valence-corrected chi connectivity index (χ2v) is 5.36. The van der Waals surface area contributed by atoms with Crippen LogP contribution in [0.1, 0.15) is 18.5 Å². The van der Waals surface area contributed by atoms with Crippen molar-refractivity contribution in [3.8, 4) is 0 Å². The molecule has 0 bridgehead atoms. The molecule has 0 saturated carbocycles. The van der Waals surface area contributed by atoms with Gasteiger partial charge in [-0.2, -0.15) is 0 Å². The summed E-state index contributed by atoms with van der Waals surface area (Å²) in [5.41, 5.74) is 7.11. The predicted molar refractivity (Wildman–Crippen MR) is 69.3 cm³/mol. The molecule has 1 aromatic rings. The van der Waals surface area contributed by atoms with E-state index in [4.69, 9.17) is 10.5 Å². The van der Waals surface area contributed by atoms with Crippen LogP contribution in [0.4, 0.5) is 0 Å². The minimum Gasteiger partial charge on any atom is -0.384 e. The number of ether oxygens (including phenoxy) is 1. The highest BCUT2D eigenvalue weighted by Gasteiger charge is 2.07. The molecule has 0 aliphatic heterocycles. The van der Waals surface area contributed by atoms with Crippen LogP contribution in [0.25, 0.3) is 0 Å². The maximum atomic E-state index is 5.92. The van der Waals surface area contributed by atoms with E-state index >= 15 is 0 Å². The molecule has 2 N–H and O–H groups in total. The smallest absolute Gasteiger partial charge is 0.0556 e. The molecule has 0 heterocycles. The van der Waals surface area contributed by atoms with Gasteiger partial charge >= 0.3 is 0 Å².